The van der Waals surface area contributed by atoms with Crippen LogP contribution in [0, 0.1) is 0 Å². The number of nitrogens with two attached hydrogens (primary N) is 1. The van der Waals surface area contributed by atoms with E-state index in [0.717, 1.165) is 19.0 Å². The van der Waals surface area contributed by atoms with Gasteiger partial charge in [-0.3, -0.25) is 0 Å². The van der Waals surface area contributed by atoms with E-state index in [1.165, 1.54) is 0 Å². The van der Waals surface area contributed by atoms with Crippen molar-refractivity contribution in [1.82, 2.24) is 0 Å². The third-order valence-electron chi connectivity index (χ3n) is 1.48. The molecule has 84 valence electrons. The molecule has 0 aliphatic rings. The normalized spacial score (nSPS) is 12.0. The number of hydrogen-bond donors (Lipinski definition) is 1. The Labute approximate surface area is 90.2 Å². The first kappa shape index (κ1) is 14.1. The van der Waals surface area contributed by atoms with Crippen LogP contribution in [-0.4, -0.2) is 34.2 Å². The summed E-state index contributed by atoms with van der Waals surface area (Å²) in [7, 11) is 0.691. The molecule has 0 saturated carbocycles. The van der Waals surface area contributed by atoms with Crippen LogP contribution in [0.4, 0.5) is 0 Å². The van der Waals surface area contributed by atoms with E-state index in [4.69, 9.17) is 15.2 Å². The molecular formula is C10H23NO2Si. The zero-order valence-electron chi connectivity index (χ0n) is 9.75. The van der Waals surface area contributed by atoms with Gasteiger partial charge >= 0.3 is 0 Å². The summed E-state index contributed by atoms with van der Waals surface area (Å²) in [6, 6.07) is 1.10. The van der Waals surface area contributed by atoms with Crippen molar-refractivity contribution in [3.63, 3.8) is 0 Å². The van der Waals surface area contributed by atoms with Crippen LogP contribution in [0.5, 0.6) is 0 Å². The lowest BCUT2D eigenvalue weighted by Crippen LogP contribution is -2.30. The van der Waals surface area contributed by atoms with E-state index in [2.05, 4.69) is 0 Å². The summed E-state index contributed by atoms with van der Waals surface area (Å²) in [5, 5.41) is 0. The van der Waals surface area contributed by atoms with E-state index in [9.17, 15) is 0 Å². The quantitative estimate of drug-likeness (QED) is 0.381. The lowest BCUT2D eigenvalue weighted by atomic mass is 10.5. The molecule has 0 aliphatic heterocycles. The Hall–Kier alpha value is 0.0969. The van der Waals surface area contributed by atoms with Gasteiger partial charge in [-0.1, -0.05) is 6.04 Å². The van der Waals surface area contributed by atoms with E-state index in [-0.39, 0.29) is 18.1 Å². The fraction of sp³-hybridized carbons (Fsp3) is 1.00. The maximum atomic E-state index is 5.66. The minimum atomic E-state index is -0.0402. The molecule has 0 spiro atoms. The summed E-state index contributed by atoms with van der Waals surface area (Å²) in [6.07, 6.45) is 1.51. The number of hydrogen-bond acceptors (Lipinski definition) is 3. The van der Waals surface area contributed by atoms with Crippen LogP contribution < -0.4 is 5.73 Å². The first-order valence-electron chi connectivity index (χ1n) is 5.30. The Morgan fingerprint density at radius 1 is 1.07 bits per heavy atom. The van der Waals surface area contributed by atoms with Crippen LogP contribution in [0.3, 0.4) is 0 Å². The second kappa shape index (κ2) is 8.41. The Morgan fingerprint density at radius 3 is 1.93 bits per heavy atom. The predicted molar refractivity (Wildman–Crippen MR) is 60.5 cm³/mol. The average Bonchev–Trinajstić information content (AvgIpc) is 2.02. The monoisotopic (exact) mass is 217 g/mol. The van der Waals surface area contributed by atoms with Crippen molar-refractivity contribution in [2.75, 3.05) is 6.54 Å². The van der Waals surface area contributed by atoms with E-state index >= 15 is 0 Å². The summed E-state index contributed by atoms with van der Waals surface area (Å²) >= 11 is 0. The second-order valence-corrected chi connectivity index (χ2v) is 5.18. The molecule has 14 heavy (non-hydrogen) atoms. The molecule has 4 heteroatoms. The Kier molecular flexibility index (Phi) is 8.47. The van der Waals surface area contributed by atoms with Crippen molar-refractivity contribution >= 4 is 9.52 Å². The molecule has 0 unspecified atom stereocenters. The van der Waals surface area contributed by atoms with Gasteiger partial charge in [0.2, 0.25) is 0 Å². The van der Waals surface area contributed by atoms with E-state index in [1.54, 1.807) is 0 Å². The highest BCUT2D eigenvalue weighted by atomic mass is 28.2. The first-order chi connectivity index (χ1) is 6.56. The van der Waals surface area contributed by atoms with E-state index in [0.29, 0.717) is 9.52 Å². The SMILES string of the molecule is CC(C)OC(OC(C)C)[Si]CCCN. The topological polar surface area (TPSA) is 44.5 Å². The molecule has 0 heterocycles. The maximum Gasteiger partial charge on any atom is 0.137 e. The molecule has 0 fully saturated rings. The van der Waals surface area contributed by atoms with Crippen LogP contribution in [0.1, 0.15) is 34.1 Å². The number of ether oxygens (including phenoxy) is 2. The summed E-state index contributed by atoms with van der Waals surface area (Å²) in [5.74, 6) is -0.0402. The Balaban J connectivity index is 3.72. The first-order valence-corrected chi connectivity index (χ1v) is 6.59. The van der Waals surface area contributed by atoms with Gasteiger partial charge in [0.25, 0.3) is 0 Å². The fourth-order valence-electron chi connectivity index (χ4n) is 0.945. The van der Waals surface area contributed by atoms with Crippen molar-refractivity contribution < 1.29 is 9.47 Å². The van der Waals surface area contributed by atoms with Crippen LogP contribution in [0.25, 0.3) is 0 Å². The average molecular weight is 217 g/mol. The van der Waals surface area contributed by atoms with Gasteiger partial charge in [-0.05, 0) is 40.7 Å². The lowest BCUT2D eigenvalue weighted by Gasteiger charge is -2.22. The highest BCUT2D eigenvalue weighted by Crippen LogP contribution is 2.05. The van der Waals surface area contributed by atoms with Gasteiger partial charge in [0.05, 0.1) is 12.2 Å². The summed E-state index contributed by atoms with van der Waals surface area (Å²) in [6.45, 7) is 8.88. The minimum absolute atomic E-state index is 0.0402. The molecular weight excluding hydrogens is 194 g/mol. The molecule has 2 radical (unpaired) electrons. The molecule has 0 amide bonds. The smallest absolute Gasteiger partial charge is 0.137 e. The fourth-order valence-corrected chi connectivity index (χ4v) is 2.33. The summed E-state index contributed by atoms with van der Waals surface area (Å²) < 4.78 is 11.3. The summed E-state index contributed by atoms with van der Waals surface area (Å²) in [4.78, 5) is 0. The van der Waals surface area contributed by atoms with Crippen LogP contribution in [0.2, 0.25) is 6.04 Å². The molecule has 0 rings (SSSR count). The van der Waals surface area contributed by atoms with Gasteiger partial charge < -0.3 is 15.2 Å². The molecule has 0 saturated heterocycles. The van der Waals surface area contributed by atoms with Gasteiger partial charge in [-0.2, -0.15) is 0 Å². The lowest BCUT2D eigenvalue weighted by molar-refractivity contribution is -0.134. The summed E-state index contributed by atoms with van der Waals surface area (Å²) in [5.41, 5.74) is 5.44. The number of rotatable bonds is 8. The van der Waals surface area contributed by atoms with Crippen molar-refractivity contribution in [3.05, 3.63) is 0 Å². The molecule has 0 aromatic carbocycles. The molecule has 2 N–H and O–H groups in total. The maximum absolute atomic E-state index is 5.66. The van der Waals surface area contributed by atoms with Gasteiger partial charge in [-0.15, -0.1) is 0 Å². The van der Waals surface area contributed by atoms with Crippen LogP contribution >= 0.6 is 0 Å². The van der Waals surface area contributed by atoms with E-state index in [1.807, 2.05) is 27.7 Å². The zero-order valence-corrected chi connectivity index (χ0v) is 10.7. The van der Waals surface area contributed by atoms with Crippen LogP contribution in [-0.2, 0) is 9.47 Å². The third kappa shape index (κ3) is 8.68. The largest absolute Gasteiger partial charge is 0.354 e. The zero-order chi connectivity index (χ0) is 11.0. The predicted octanol–water partition coefficient (Wildman–Crippen LogP) is 1.59. The Morgan fingerprint density at radius 2 is 1.57 bits per heavy atom. The van der Waals surface area contributed by atoms with Crippen LogP contribution in [0.15, 0.2) is 0 Å². The van der Waals surface area contributed by atoms with Crippen molar-refractivity contribution in [2.24, 2.45) is 5.73 Å². The van der Waals surface area contributed by atoms with E-state index < -0.39 is 0 Å². The highest BCUT2D eigenvalue weighted by Gasteiger charge is 2.13. The highest BCUT2D eigenvalue weighted by molar-refractivity contribution is 6.36. The minimum Gasteiger partial charge on any atom is -0.354 e. The second-order valence-electron chi connectivity index (χ2n) is 3.80. The standard InChI is InChI=1S/C10H23NO2Si/c1-8(2)12-10(13-9(3)4)14-7-5-6-11/h8-10H,5-7,11H2,1-4H3. The molecule has 0 aromatic rings. The van der Waals surface area contributed by atoms with Crippen molar-refractivity contribution in [1.29, 1.82) is 0 Å². The molecule has 0 aromatic heterocycles. The molecule has 0 bridgehead atoms. The van der Waals surface area contributed by atoms with Gasteiger partial charge in [-0.25, -0.2) is 0 Å². The third-order valence-corrected chi connectivity index (χ3v) is 2.73. The molecule has 0 atom stereocenters. The van der Waals surface area contributed by atoms with Gasteiger partial charge in [0.1, 0.15) is 15.4 Å². The molecule has 0 aliphatic carbocycles. The molecule has 3 nitrogen and oxygen atoms in total. The Bertz CT molecular complexity index is 121. The van der Waals surface area contributed by atoms with Gasteiger partial charge in [0.15, 0.2) is 0 Å². The van der Waals surface area contributed by atoms with Crippen molar-refractivity contribution in [3.8, 4) is 0 Å². The van der Waals surface area contributed by atoms with Gasteiger partial charge in [0, 0.05) is 0 Å². The van der Waals surface area contributed by atoms with Crippen molar-refractivity contribution in [2.45, 2.75) is 58.3 Å².